The highest BCUT2D eigenvalue weighted by Gasteiger charge is 2.26. The van der Waals surface area contributed by atoms with Crippen molar-refractivity contribution in [2.24, 2.45) is 0 Å². The first-order chi connectivity index (χ1) is 7.88. The number of nitrogens with zero attached hydrogens (tertiary/aromatic N) is 3. The smallest absolute Gasteiger partial charge is 0.205 e. The third-order valence-corrected chi connectivity index (χ3v) is 3.10. The van der Waals surface area contributed by atoms with E-state index in [1.54, 1.807) is 6.20 Å². The van der Waals surface area contributed by atoms with Crippen molar-refractivity contribution >= 4 is 17.1 Å². The monoisotopic (exact) mass is 218 g/mol. The number of imidazole rings is 1. The number of pyridine rings is 1. The van der Waals surface area contributed by atoms with Gasteiger partial charge >= 0.3 is 0 Å². The quantitative estimate of drug-likeness (QED) is 0.786. The molecule has 2 aromatic heterocycles. The minimum atomic E-state index is 0.185. The molecular weight excluding hydrogens is 204 g/mol. The summed E-state index contributed by atoms with van der Waals surface area (Å²) in [5.74, 6) is 0.824. The molecule has 3 heterocycles. The third-order valence-electron chi connectivity index (χ3n) is 3.10. The number of hydrogen-bond donors (Lipinski definition) is 2. The number of rotatable bonds is 2. The van der Waals surface area contributed by atoms with E-state index in [4.69, 9.17) is 0 Å². The number of aliphatic hydroxyl groups is 1. The van der Waals surface area contributed by atoms with Gasteiger partial charge in [0.15, 0.2) is 5.65 Å². The molecule has 0 radical (unpaired) electrons. The lowest BCUT2D eigenvalue weighted by atomic mass is 10.2. The first kappa shape index (κ1) is 9.59. The molecule has 16 heavy (non-hydrogen) atoms. The van der Waals surface area contributed by atoms with Crippen molar-refractivity contribution in [1.82, 2.24) is 15.0 Å². The zero-order chi connectivity index (χ0) is 11.0. The Balaban J connectivity index is 1.99. The number of aromatic nitrogens is 3. The zero-order valence-corrected chi connectivity index (χ0v) is 8.93. The van der Waals surface area contributed by atoms with Gasteiger partial charge in [0.25, 0.3) is 0 Å². The second-order valence-electron chi connectivity index (χ2n) is 4.11. The maximum atomic E-state index is 9.27. The normalized spacial score (nSPS) is 20.8. The standard InChI is InChI=1S/C11H14N4O/c16-7-8-3-2-6-15(8)11-13-9-4-1-5-12-10(9)14-11/h1,4-5,8,16H,2-3,6-7H2,(H,12,13,14). The molecule has 0 amide bonds. The molecule has 1 aliphatic heterocycles. The first-order valence-corrected chi connectivity index (χ1v) is 5.57. The molecule has 3 rings (SSSR count). The summed E-state index contributed by atoms with van der Waals surface area (Å²) in [6.45, 7) is 1.13. The van der Waals surface area contributed by atoms with Gasteiger partial charge in [0.2, 0.25) is 5.95 Å². The van der Waals surface area contributed by atoms with Crippen LogP contribution in [0.3, 0.4) is 0 Å². The fourth-order valence-electron chi connectivity index (χ4n) is 2.27. The average Bonchev–Trinajstić information content (AvgIpc) is 2.94. The van der Waals surface area contributed by atoms with Crippen LogP contribution in [0, 0.1) is 0 Å². The Hall–Kier alpha value is -1.62. The SMILES string of the molecule is OCC1CCCN1c1nc2ncccc2[nH]1. The fraction of sp³-hybridized carbons (Fsp3) is 0.455. The van der Waals surface area contributed by atoms with Crippen LogP contribution < -0.4 is 4.90 Å². The Morgan fingerprint density at radius 3 is 3.31 bits per heavy atom. The summed E-state index contributed by atoms with van der Waals surface area (Å²) in [6, 6.07) is 4.04. The van der Waals surface area contributed by atoms with Gasteiger partial charge in [-0.15, -0.1) is 0 Å². The van der Waals surface area contributed by atoms with Crippen molar-refractivity contribution in [2.75, 3.05) is 18.1 Å². The molecule has 0 aromatic carbocycles. The number of H-pyrrole nitrogens is 1. The van der Waals surface area contributed by atoms with Gasteiger partial charge in [-0.2, -0.15) is 4.98 Å². The van der Waals surface area contributed by atoms with Gasteiger partial charge in [0.05, 0.1) is 18.2 Å². The molecule has 2 aromatic rings. The zero-order valence-electron chi connectivity index (χ0n) is 8.93. The van der Waals surface area contributed by atoms with Crippen molar-refractivity contribution in [1.29, 1.82) is 0 Å². The van der Waals surface area contributed by atoms with E-state index in [9.17, 15) is 5.11 Å². The molecule has 0 bridgehead atoms. The van der Waals surface area contributed by atoms with Crippen LogP contribution in [0.5, 0.6) is 0 Å². The molecule has 1 saturated heterocycles. The summed E-state index contributed by atoms with van der Waals surface area (Å²) in [4.78, 5) is 14.0. The largest absolute Gasteiger partial charge is 0.394 e. The van der Waals surface area contributed by atoms with Gasteiger partial charge in [0, 0.05) is 12.7 Å². The Morgan fingerprint density at radius 1 is 1.56 bits per heavy atom. The highest BCUT2D eigenvalue weighted by molar-refractivity contribution is 5.73. The lowest BCUT2D eigenvalue weighted by molar-refractivity contribution is 0.265. The van der Waals surface area contributed by atoms with Crippen LogP contribution in [-0.4, -0.2) is 39.3 Å². The van der Waals surface area contributed by atoms with Crippen molar-refractivity contribution < 1.29 is 5.11 Å². The number of nitrogens with one attached hydrogen (secondary N) is 1. The molecule has 5 nitrogen and oxygen atoms in total. The highest BCUT2D eigenvalue weighted by atomic mass is 16.3. The van der Waals surface area contributed by atoms with Gasteiger partial charge in [-0.3, -0.25) is 0 Å². The Bertz CT molecular complexity index is 462. The molecule has 1 atom stereocenters. The lowest BCUT2D eigenvalue weighted by Gasteiger charge is -2.21. The maximum Gasteiger partial charge on any atom is 0.205 e. The van der Waals surface area contributed by atoms with Gasteiger partial charge in [0.1, 0.15) is 0 Å². The fourth-order valence-corrected chi connectivity index (χ4v) is 2.27. The second kappa shape index (κ2) is 3.75. The average molecular weight is 218 g/mol. The van der Waals surface area contributed by atoms with Gasteiger partial charge < -0.3 is 15.0 Å². The van der Waals surface area contributed by atoms with E-state index in [2.05, 4.69) is 19.9 Å². The Kier molecular flexibility index (Phi) is 2.25. The summed E-state index contributed by atoms with van der Waals surface area (Å²) in [5.41, 5.74) is 1.68. The van der Waals surface area contributed by atoms with E-state index in [1.807, 2.05) is 12.1 Å². The minimum absolute atomic E-state index is 0.185. The van der Waals surface area contributed by atoms with Gasteiger partial charge in [-0.25, -0.2) is 4.98 Å². The van der Waals surface area contributed by atoms with E-state index in [-0.39, 0.29) is 12.6 Å². The number of aromatic amines is 1. The molecule has 0 aliphatic carbocycles. The molecule has 1 fully saturated rings. The number of fused-ring (bicyclic) bond motifs is 1. The van der Waals surface area contributed by atoms with E-state index in [1.165, 1.54) is 0 Å². The van der Waals surface area contributed by atoms with Crippen LogP contribution >= 0.6 is 0 Å². The minimum Gasteiger partial charge on any atom is -0.394 e. The molecule has 2 N–H and O–H groups in total. The Labute approximate surface area is 93.1 Å². The van der Waals surface area contributed by atoms with E-state index in [0.717, 1.165) is 36.5 Å². The summed E-state index contributed by atoms with van der Waals surface area (Å²) < 4.78 is 0. The predicted molar refractivity (Wildman–Crippen MR) is 61.3 cm³/mol. The molecule has 84 valence electrons. The van der Waals surface area contributed by atoms with Crippen molar-refractivity contribution in [2.45, 2.75) is 18.9 Å². The van der Waals surface area contributed by atoms with Crippen LogP contribution in [0.25, 0.3) is 11.2 Å². The first-order valence-electron chi connectivity index (χ1n) is 5.57. The number of anilines is 1. The summed E-state index contributed by atoms with van der Waals surface area (Å²) in [5, 5.41) is 9.27. The second-order valence-corrected chi connectivity index (χ2v) is 4.11. The van der Waals surface area contributed by atoms with Crippen LogP contribution in [0.4, 0.5) is 5.95 Å². The summed E-state index contributed by atoms with van der Waals surface area (Å²) in [6.07, 6.45) is 3.87. The maximum absolute atomic E-state index is 9.27. The number of aliphatic hydroxyl groups excluding tert-OH is 1. The Morgan fingerprint density at radius 2 is 2.50 bits per heavy atom. The van der Waals surface area contributed by atoms with Crippen molar-refractivity contribution in [3.8, 4) is 0 Å². The van der Waals surface area contributed by atoms with E-state index >= 15 is 0 Å². The van der Waals surface area contributed by atoms with Gasteiger partial charge in [-0.05, 0) is 25.0 Å². The molecule has 1 aliphatic rings. The molecule has 0 spiro atoms. The van der Waals surface area contributed by atoms with Crippen LogP contribution in [0.2, 0.25) is 0 Å². The van der Waals surface area contributed by atoms with Crippen molar-refractivity contribution in [3.05, 3.63) is 18.3 Å². The number of hydrogen-bond acceptors (Lipinski definition) is 4. The van der Waals surface area contributed by atoms with E-state index < -0.39 is 0 Å². The van der Waals surface area contributed by atoms with Crippen LogP contribution in [0.15, 0.2) is 18.3 Å². The lowest BCUT2D eigenvalue weighted by Crippen LogP contribution is -2.32. The topological polar surface area (TPSA) is 65.0 Å². The summed E-state index contributed by atoms with van der Waals surface area (Å²) >= 11 is 0. The van der Waals surface area contributed by atoms with Crippen molar-refractivity contribution in [3.63, 3.8) is 0 Å². The molecule has 1 unspecified atom stereocenters. The van der Waals surface area contributed by atoms with Crippen LogP contribution in [-0.2, 0) is 0 Å². The molecule has 5 heteroatoms. The predicted octanol–water partition coefficient (Wildman–Crippen LogP) is 0.919. The highest BCUT2D eigenvalue weighted by Crippen LogP contribution is 2.24. The third kappa shape index (κ3) is 1.44. The summed E-state index contributed by atoms with van der Waals surface area (Å²) in [7, 11) is 0. The van der Waals surface area contributed by atoms with E-state index in [0.29, 0.717) is 0 Å². The van der Waals surface area contributed by atoms with Crippen LogP contribution in [0.1, 0.15) is 12.8 Å². The van der Waals surface area contributed by atoms with Gasteiger partial charge in [-0.1, -0.05) is 0 Å². The molecular formula is C11H14N4O. The molecule has 0 saturated carbocycles.